The van der Waals surface area contributed by atoms with Gasteiger partial charge in [-0.25, -0.2) is 4.99 Å². The first kappa shape index (κ1) is 10.6. The van der Waals surface area contributed by atoms with Crippen LogP contribution in [0.4, 0.5) is 0 Å². The van der Waals surface area contributed by atoms with Gasteiger partial charge in [-0.3, -0.25) is 4.99 Å². The van der Waals surface area contributed by atoms with Crippen LogP contribution in [0.1, 0.15) is 11.1 Å². The standard InChI is InChI=1S/C11H15N3/c1-9-4-3-5-10(8-9)11(13-2)14-7-6-12/h3-5,8H,2,6-7,12H2,1H3. The number of hydrogen-bond acceptors (Lipinski definition) is 2. The Labute approximate surface area is 84.4 Å². The molecule has 14 heavy (non-hydrogen) atoms. The second kappa shape index (κ2) is 5.29. The summed E-state index contributed by atoms with van der Waals surface area (Å²) >= 11 is 0. The fraction of sp³-hybridized carbons (Fsp3) is 0.273. The number of aliphatic imine (C=N–C) groups is 2. The molecule has 0 aliphatic heterocycles. The predicted octanol–water partition coefficient (Wildman–Crippen LogP) is 1.40. The Kier molecular flexibility index (Phi) is 4.01. The summed E-state index contributed by atoms with van der Waals surface area (Å²) in [6.45, 7) is 6.65. The zero-order chi connectivity index (χ0) is 10.4. The molecule has 0 aliphatic rings. The number of amidine groups is 1. The van der Waals surface area contributed by atoms with Crippen LogP contribution in [0.15, 0.2) is 34.3 Å². The Morgan fingerprint density at radius 1 is 1.50 bits per heavy atom. The number of rotatable bonds is 3. The van der Waals surface area contributed by atoms with Gasteiger partial charge in [-0.1, -0.05) is 23.8 Å². The maximum atomic E-state index is 5.37. The van der Waals surface area contributed by atoms with Gasteiger partial charge in [-0.05, 0) is 19.7 Å². The second-order valence-corrected chi connectivity index (χ2v) is 3.02. The molecular formula is C11H15N3. The molecule has 3 nitrogen and oxygen atoms in total. The van der Waals surface area contributed by atoms with Gasteiger partial charge in [-0.15, -0.1) is 0 Å². The zero-order valence-electron chi connectivity index (χ0n) is 8.40. The molecule has 0 amide bonds. The normalized spacial score (nSPS) is 11.4. The van der Waals surface area contributed by atoms with E-state index in [1.807, 2.05) is 31.2 Å². The lowest BCUT2D eigenvalue weighted by Crippen LogP contribution is -2.06. The number of hydrogen-bond donors (Lipinski definition) is 1. The molecule has 1 aromatic rings. The molecule has 74 valence electrons. The third kappa shape index (κ3) is 2.78. The molecule has 0 spiro atoms. The van der Waals surface area contributed by atoms with Crippen molar-refractivity contribution in [2.45, 2.75) is 6.92 Å². The molecule has 0 fully saturated rings. The summed E-state index contributed by atoms with van der Waals surface area (Å²) in [5.74, 6) is 0.666. The third-order valence-electron chi connectivity index (χ3n) is 1.82. The van der Waals surface area contributed by atoms with Gasteiger partial charge in [-0.2, -0.15) is 0 Å². The fourth-order valence-corrected chi connectivity index (χ4v) is 1.19. The van der Waals surface area contributed by atoms with Crippen molar-refractivity contribution < 1.29 is 0 Å². The molecule has 0 saturated carbocycles. The molecule has 0 bridgehead atoms. The van der Waals surface area contributed by atoms with E-state index < -0.39 is 0 Å². The number of benzene rings is 1. The molecule has 3 heteroatoms. The molecule has 0 saturated heterocycles. The minimum Gasteiger partial charge on any atom is -0.329 e. The average Bonchev–Trinajstić information content (AvgIpc) is 2.19. The summed E-state index contributed by atoms with van der Waals surface area (Å²) in [6.07, 6.45) is 0. The molecule has 0 radical (unpaired) electrons. The summed E-state index contributed by atoms with van der Waals surface area (Å²) in [7, 11) is 0. The van der Waals surface area contributed by atoms with Crippen molar-refractivity contribution in [3.63, 3.8) is 0 Å². The van der Waals surface area contributed by atoms with Gasteiger partial charge in [0.15, 0.2) is 5.84 Å². The highest BCUT2D eigenvalue weighted by atomic mass is 14.9. The lowest BCUT2D eigenvalue weighted by atomic mass is 10.1. The van der Waals surface area contributed by atoms with Gasteiger partial charge >= 0.3 is 0 Å². The van der Waals surface area contributed by atoms with Gasteiger partial charge in [0.1, 0.15) is 0 Å². The van der Waals surface area contributed by atoms with Crippen LogP contribution < -0.4 is 5.73 Å². The third-order valence-corrected chi connectivity index (χ3v) is 1.82. The van der Waals surface area contributed by atoms with Crippen molar-refractivity contribution in [3.05, 3.63) is 35.4 Å². The molecule has 0 atom stereocenters. The van der Waals surface area contributed by atoms with Crippen molar-refractivity contribution in [1.82, 2.24) is 0 Å². The Bertz CT molecular complexity index is 342. The van der Waals surface area contributed by atoms with Crippen LogP contribution >= 0.6 is 0 Å². The maximum Gasteiger partial charge on any atom is 0.153 e. The summed E-state index contributed by atoms with van der Waals surface area (Å²) in [6, 6.07) is 8.02. The summed E-state index contributed by atoms with van der Waals surface area (Å²) in [4.78, 5) is 8.12. The Balaban J connectivity index is 2.94. The van der Waals surface area contributed by atoms with Gasteiger partial charge in [0.25, 0.3) is 0 Å². The van der Waals surface area contributed by atoms with Crippen LogP contribution in [-0.2, 0) is 0 Å². The van der Waals surface area contributed by atoms with Gasteiger partial charge < -0.3 is 5.73 Å². The SMILES string of the molecule is C=NC(=NCCN)c1cccc(C)c1. The number of nitrogens with zero attached hydrogens (tertiary/aromatic N) is 2. The van der Waals surface area contributed by atoms with E-state index in [1.54, 1.807) is 0 Å². The lowest BCUT2D eigenvalue weighted by Gasteiger charge is -2.01. The van der Waals surface area contributed by atoms with Crippen molar-refractivity contribution in [3.8, 4) is 0 Å². The summed E-state index contributed by atoms with van der Waals surface area (Å²) in [5, 5.41) is 0. The van der Waals surface area contributed by atoms with Gasteiger partial charge in [0.05, 0.1) is 6.54 Å². The van der Waals surface area contributed by atoms with E-state index in [0.717, 1.165) is 5.56 Å². The van der Waals surface area contributed by atoms with E-state index >= 15 is 0 Å². The van der Waals surface area contributed by atoms with Crippen LogP contribution in [0.2, 0.25) is 0 Å². The second-order valence-electron chi connectivity index (χ2n) is 3.02. The van der Waals surface area contributed by atoms with Gasteiger partial charge in [0, 0.05) is 12.1 Å². The van der Waals surface area contributed by atoms with E-state index in [4.69, 9.17) is 5.73 Å². The van der Waals surface area contributed by atoms with Crippen molar-refractivity contribution >= 4 is 12.6 Å². The molecule has 0 aromatic heterocycles. The van der Waals surface area contributed by atoms with E-state index in [9.17, 15) is 0 Å². The Hall–Kier alpha value is -1.48. The molecule has 1 rings (SSSR count). The first-order valence-corrected chi connectivity index (χ1v) is 4.56. The lowest BCUT2D eigenvalue weighted by molar-refractivity contribution is 0.973. The molecular weight excluding hydrogens is 174 g/mol. The van der Waals surface area contributed by atoms with E-state index in [0.29, 0.717) is 18.9 Å². The minimum atomic E-state index is 0.533. The number of nitrogens with two attached hydrogens (primary N) is 1. The summed E-state index contributed by atoms with van der Waals surface area (Å²) in [5.41, 5.74) is 7.55. The molecule has 0 aliphatic carbocycles. The predicted molar refractivity (Wildman–Crippen MR) is 61.2 cm³/mol. The Morgan fingerprint density at radius 2 is 2.29 bits per heavy atom. The fourth-order valence-electron chi connectivity index (χ4n) is 1.19. The first-order valence-electron chi connectivity index (χ1n) is 4.56. The van der Waals surface area contributed by atoms with Gasteiger partial charge in [0.2, 0.25) is 0 Å². The van der Waals surface area contributed by atoms with E-state index in [-0.39, 0.29) is 0 Å². The van der Waals surface area contributed by atoms with Crippen LogP contribution in [0.25, 0.3) is 0 Å². The summed E-state index contributed by atoms with van der Waals surface area (Å²) < 4.78 is 0. The average molecular weight is 189 g/mol. The van der Waals surface area contributed by atoms with Crippen molar-refractivity contribution in [2.24, 2.45) is 15.7 Å². The highest BCUT2D eigenvalue weighted by Gasteiger charge is 1.99. The van der Waals surface area contributed by atoms with Crippen LogP contribution in [-0.4, -0.2) is 25.6 Å². The van der Waals surface area contributed by atoms with Crippen molar-refractivity contribution in [1.29, 1.82) is 0 Å². The Morgan fingerprint density at radius 3 is 2.86 bits per heavy atom. The van der Waals surface area contributed by atoms with E-state index in [2.05, 4.69) is 16.7 Å². The van der Waals surface area contributed by atoms with Crippen LogP contribution in [0.5, 0.6) is 0 Å². The largest absolute Gasteiger partial charge is 0.329 e. The van der Waals surface area contributed by atoms with Crippen LogP contribution in [0.3, 0.4) is 0 Å². The molecule has 2 N–H and O–H groups in total. The highest BCUT2D eigenvalue weighted by molar-refractivity contribution is 6.01. The quantitative estimate of drug-likeness (QED) is 0.567. The highest BCUT2D eigenvalue weighted by Crippen LogP contribution is 2.06. The van der Waals surface area contributed by atoms with E-state index in [1.165, 1.54) is 5.56 Å². The smallest absolute Gasteiger partial charge is 0.153 e. The zero-order valence-corrected chi connectivity index (χ0v) is 8.40. The first-order chi connectivity index (χ1) is 6.77. The molecule has 0 unspecified atom stereocenters. The molecule has 0 heterocycles. The maximum absolute atomic E-state index is 5.37. The topological polar surface area (TPSA) is 50.7 Å². The minimum absolute atomic E-state index is 0.533. The monoisotopic (exact) mass is 189 g/mol. The van der Waals surface area contributed by atoms with Crippen molar-refractivity contribution in [2.75, 3.05) is 13.1 Å². The number of aryl methyl sites for hydroxylation is 1. The van der Waals surface area contributed by atoms with Crippen LogP contribution in [0, 0.1) is 6.92 Å². The molecule has 1 aromatic carbocycles.